The lowest BCUT2D eigenvalue weighted by molar-refractivity contribution is 0.411. The van der Waals surface area contributed by atoms with Gasteiger partial charge in [0.25, 0.3) is 11.8 Å². The van der Waals surface area contributed by atoms with Crippen molar-refractivity contribution in [3.8, 4) is 34.6 Å². The van der Waals surface area contributed by atoms with E-state index >= 15 is 0 Å². The summed E-state index contributed by atoms with van der Waals surface area (Å²) in [5.41, 5.74) is 2.67. The maximum absolute atomic E-state index is 5.71. The van der Waals surface area contributed by atoms with Gasteiger partial charge in [-0.2, -0.15) is 0 Å². The number of benzene rings is 1. The average Bonchev–Trinajstić information content (AvgIpc) is 3.29. The lowest BCUT2D eigenvalue weighted by atomic mass is 10.2. The molecule has 0 aliphatic rings. The lowest BCUT2D eigenvalue weighted by Crippen LogP contribution is -2.01. The molecule has 0 radical (unpaired) electrons. The molecule has 0 atom stereocenters. The number of methoxy groups -OCH3 is 1. The summed E-state index contributed by atoms with van der Waals surface area (Å²) in [5.74, 6) is 1.32. The number of para-hydroxylation sites is 2. The largest absolute Gasteiger partial charge is 0.494 e. The van der Waals surface area contributed by atoms with Crippen LogP contribution in [0.1, 0.15) is 5.69 Å². The van der Waals surface area contributed by atoms with Gasteiger partial charge in [0.2, 0.25) is 0 Å². The third-order valence-corrected chi connectivity index (χ3v) is 3.72. The van der Waals surface area contributed by atoms with E-state index in [0.717, 1.165) is 11.4 Å². The average molecular weight is 334 g/mol. The molecule has 8 nitrogen and oxygen atoms in total. The van der Waals surface area contributed by atoms with E-state index in [2.05, 4.69) is 25.5 Å². The Hall–Kier alpha value is -3.55. The van der Waals surface area contributed by atoms with Crippen LogP contribution in [0.3, 0.4) is 0 Å². The van der Waals surface area contributed by atoms with Crippen molar-refractivity contribution < 1.29 is 9.15 Å². The van der Waals surface area contributed by atoms with Gasteiger partial charge in [-0.15, -0.1) is 15.3 Å². The molecule has 124 valence electrons. The first-order chi connectivity index (χ1) is 12.3. The summed E-state index contributed by atoms with van der Waals surface area (Å²) in [6.45, 7) is 1.88. The zero-order chi connectivity index (χ0) is 17.2. The minimum absolute atomic E-state index is 0.291. The zero-order valence-electron chi connectivity index (χ0n) is 13.6. The quantitative estimate of drug-likeness (QED) is 0.566. The van der Waals surface area contributed by atoms with E-state index < -0.39 is 0 Å². The summed E-state index contributed by atoms with van der Waals surface area (Å²) < 4.78 is 12.8. The highest BCUT2D eigenvalue weighted by Crippen LogP contribution is 2.27. The number of hydrogen-bond acceptors (Lipinski definition) is 7. The van der Waals surface area contributed by atoms with Crippen molar-refractivity contribution in [3.63, 3.8) is 0 Å². The molecule has 25 heavy (non-hydrogen) atoms. The van der Waals surface area contributed by atoms with Crippen molar-refractivity contribution >= 4 is 0 Å². The van der Waals surface area contributed by atoms with Gasteiger partial charge in [-0.1, -0.05) is 23.4 Å². The van der Waals surface area contributed by atoms with Crippen molar-refractivity contribution in [2.24, 2.45) is 0 Å². The Labute approximate surface area is 143 Å². The van der Waals surface area contributed by atoms with Crippen molar-refractivity contribution in [2.45, 2.75) is 6.92 Å². The summed E-state index contributed by atoms with van der Waals surface area (Å²) in [5, 5.41) is 16.5. The van der Waals surface area contributed by atoms with E-state index in [1.165, 1.54) is 0 Å². The van der Waals surface area contributed by atoms with Crippen molar-refractivity contribution in [1.82, 2.24) is 30.2 Å². The minimum Gasteiger partial charge on any atom is -0.494 e. The Morgan fingerprint density at radius 1 is 0.960 bits per heavy atom. The Balaban J connectivity index is 1.74. The highest BCUT2D eigenvalue weighted by Gasteiger charge is 2.20. The first kappa shape index (κ1) is 15.0. The highest BCUT2D eigenvalue weighted by molar-refractivity contribution is 5.56. The number of ether oxygens (including phenoxy) is 1. The third kappa shape index (κ3) is 2.63. The molecule has 3 heterocycles. The number of aromatic nitrogens is 6. The second kappa shape index (κ2) is 6.16. The smallest absolute Gasteiger partial charge is 0.270 e. The van der Waals surface area contributed by atoms with E-state index in [1.807, 2.05) is 43.3 Å². The fraction of sp³-hybridized carbons (Fsp3) is 0.118. The van der Waals surface area contributed by atoms with Gasteiger partial charge in [-0.25, -0.2) is 4.68 Å². The molecule has 8 heteroatoms. The molecule has 0 saturated carbocycles. The maximum Gasteiger partial charge on any atom is 0.270 e. The minimum atomic E-state index is 0.291. The standard InChI is InChI=1S/C17H14N6O2/c1-11-15(17-21-20-16(25-17)12-7-5-6-10-18-12)19-22-23(11)13-8-3-4-9-14(13)24-2/h3-10H,1-2H3. The molecule has 3 aromatic heterocycles. The summed E-state index contributed by atoms with van der Waals surface area (Å²) in [6, 6.07) is 13.0. The molecular formula is C17H14N6O2. The van der Waals surface area contributed by atoms with Crippen LogP contribution in [0.2, 0.25) is 0 Å². The van der Waals surface area contributed by atoms with Crippen LogP contribution in [0.5, 0.6) is 5.75 Å². The first-order valence-electron chi connectivity index (χ1n) is 7.59. The molecule has 0 aliphatic heterocycles. The lowest BCUT2D eigenvalue weighted by Gasteiger charge is -2.08. The van der Waals surface area contributed by atoms with Crippen LogP contribution in [0, 0.1) is 6.92 Å². The summed E-state index contributed by atoms with van der Waals surface area (Å²) in [7, 11) is 1.61. The topological polar surface area (TPSA) is 91.8 Å². The Kier molecular flexibility index (Phi) is 3.70. The molecule has 4 rings (SSSR count). The summed E-state index contributed by atoms with van der Waals surface area (Å²) in [4.78, 5) is 4.20. The van der Waals surface area contributed by atoms with Crippen molar-refractivity contribution in [2.75, 3.05) is 7.11 Å². The van der Waals surface area contributed by atoms with Crippen LogP contribution >= 0.6 is 0 Å². The monoisotopic (exact) mass is 334 g/mol. The van der Waals surface area contributed by atoms with Gasteiger partial charge < -0.3 is 9.15 Å². The molecule has 4 aromatic rings. The second-order valence-electron chi connectivity index (χ2n) is 5.23. The molecule has 0 N–H and O–H groups in total. The number of pyridine rings is 1. The number of nitrogens with zero attached hydrogens (tertiary/aromatic N) is 6. The molecule has 0 saturated heterocycles. The summed E-state index contributed by atoms with van der Waals surface area (Å²) >= 11 is 0. The van der Waals surface area contributed by atoms with Crippen LogP contribution in [-0.4, -0.2) is 37.3 Å². The van der Waals surface area contributed by atoms with Crippen molar-refractivity contribution in [3.05, 3.63) is 54.4 Å². The zero-order valence-corrected chi connectivity index (χ0v) is 13.6. The van der Waals surface area contributed by atoms with Crippen LogP contribution < -0.4 is 4.74 Å². The van der Waals surface area contributed by atoms with E-state index in [1.54, 1.807) is 24.1 Å². The third-order valence-electron chi connectivity index (χ3n) is 3.72. The fourth-order valence-corrected chi connectivity index (χ4v) is 2.47. The van der Waals surface area contributed by atoms with Crippen LogP contribution in [0.25, 0.3) is 28.9 Å². The predicted molar refractivity (Wildman–Crippen MR) is 89.2 cm³/mol. The van der Waals surface area contributed by atoms with Gasteiger partial charge in [0.15, 0.2) is 5.69 Å². The molecule has 0 amide bonds. The molecule has 0 bridgehead atoms. The number of hydrogen-bond donors (Lipinski definition) is 0. The van der Waals surface area contributed by atoms with Gasteiger partial charge in [-0.05, 0) is 31.2 Å². The summed E-state index contributed by atoms with van der Waals surface area (Å²) in [6.07, 6.45) is 1.67. The Morgan fingerprint density at radius 3 is 2.56 bits per heavy atom. The molecule has 0 spiro atoms. The SMILES string of the molecule is COc1ccccc1-n1nnc(-c2nnc(-c3ccccn3)o2)c1C. The van der Waals surface area contributed by atoms with E-state index in [9.17, 15) is 0 Å². The second-order valence-corrected chi connectivity index (χ2v) is 5.23. The van der Waals surface area contributed by atoms with Crippen LogP contribution in [0.15, 0.2) is 53.1 Å². The van der Waals surface area contributed by atoms with Crippen LogP contribution in [-0.2, 0) is 0 Å². The fourth-order valence-electron chi connectivity index (χ4n) is 2.47. The normalized spacial score (nSPS) is 10.8. The van der Waals surface area contributed by atoms with Crippen molar-refractivity contribution in [1.29, 1.82) is 0 Å². The Morgan fingerprint density at radius 2 is 1.76 bits per heavy atom. The molecular weight excluding hydrogens is 320 g/mol. The first-order valence-corrected chi connectivity index (χ1v) is 7.59. The molecule has 1 aromatic carbocycles. The van der Waals surface area contributed by atoms with E-state index in [4.69, 9.17) is 9.15 Å². The van der Waals surface area contributed by atoms with Gasteiger partial charge in [-0.3, -0.25) is 4.98 Å². The van der Waals surface area contributed by atoms with Gasteiger partial charge >= 0.3 is 0 Å². The van der Waals surface area contributed by atoms with Gasteiger partial charge in [0, 0.05) is 6.20 Å². The predicted octanol–water partition coefficient (Wildman–Crippen LogP) is 2.70. The highest BCUT2D eigenvalue weighted by atomic mass is 16.5. The molecule has 0 unspecified atom stereocenters. The molecule has 0 aliphatic carbocycles. The van der Waals surface area contributed by atoms with Gasteiger partial charge in [0.05, 0.1) is 12.8 Å². The Bertz CT molecular complexity index is 1010. The van der Waals surface area contributed by atoms with E-state index in [-0.39, 0.29) is 0 Å². The molecule has 0 fully saturated rings. The maximum atomic E-state index is 5.71. The van der Waals surface area contributed by atoms with Gasteiger partial charge in [0.1, 0.15) is 17.1 Å². The van der Waals surface area contributed by atoms with Crippen LogP contribution in [0.4, 0.5) is 0 Å². The number of rotatable bonds is 4. The van der Waals surface area contributed by atoms with E-state index in [0.29, 0.717) is 28.9 Å².